The highest BCUT2D eigenvalue weighted by atomic mass is 16.5. The monoisotopic (exact) mass is 454 g/mol. The van der Waals surface area contributed by atoms with Gasteiger partial charge in [-0.2, -0.15) is 0 Å². The number of aliphatic hydroxyl groups is 1. The van der Waals surface area contributed by atoms with Gasteiger partial charge in [-0.25, -0.2) is 0 Å². The molecule has 0 aromatic carbocycles. The molecule has 3 nitrogen and oxygen atoms in total. The molecule has 0 saturated heterocycles. The number of ether oxygens (including phenoxy) is 1. The van der Waals surface area contributed by atoms with Gasteiger partial charge >= 0.3 is 5.97 Å². The van der Waals surface area contributed by atoms with E-state index in [4.69, 9.17) is 4.74 Å². The Labute approximate surface area is 201 Å². The fourth-order valence-electron chi connectivity index (χ4n) is 7.78. The van der Waals surface area contributed by atoms with Crippen LogP contribution in [0.2, 0.25) is 0 Å². The fraction of sp³-hybridized carbons (Fsp3) is 0.767. The molecule has 0 aliphatic heterocycles. The van der Waals surface area contributed by atoms with E-state index < -0.39 is 5.60 Å². The minimum absolute atomic E-state index is 0.283. The zero-order chi connectivity index (χ0) is 24.2. The summed E-state index contributed by atoms with van der Waals surface area (Å²) < 4.78 is 5.46. The minimum atomic E-state index is -0.732. The number of hydrogen-bond acceptors (Lipinski definition) is 3. The van der Waals surface area contributed by atoms with E-state index in [9.17, 15) is 9.90 Å². The summed E-state index contributed by atoms with van der Waals surface area (Å²) in [6.45, 7) is 17.6. The third kappa shape index (κ3) is 4.17. The van der Waals surface area contributed by atoms with Crippen molar-refractivity contribution >= 4 is 5.97 Å². The van der Waals surface area contributed by atoms with E-state index in [-0.39, 0.29) is 17.5 Å². The molecule has 1 N–H and O–H groups in total. The van der Waals surface area contributed by atoms with Crippen LogP contribution in [0, 0.1) is 40.4 Å². The maximum Gasteiger partial charge on any atom is 0.303 e. The zero-order valence-corrected chi connectivity index (χ0v) is 21.8. The molecule has 0 radical (unpaired) electrons. The predicted octanol–water partition coefficient (Wildman–Crippen LogP) is 7.02. The van der Waals surface area contributed by atoms with E-state index in [2.05, 4.69) is 59.4 Å². The lowest BCUT2D eigenvalue weighted by Crippen LogP contribution is -2.35. The molecular formula is C30H46O3. The average molecular weight is 455 g/mol. The van der Waals surface area contributed by atoms with Crippen molar-refractivity contribution in [3.8, 4) is 0 Å². The highest BCUT2D eigenvalue weighted by molar-refractivity contribution is 5.67. The Morgan fingerprint density at radius 1 is 1.24 bits per heavy atom. The molecular weight excluding hydrogens is 408 g/mol. The first kappa shape index (κ1) is 24.8. The Morgan fingerprint density at radius 3 is 2.64 bits per heavy atom. The van der Waals surface area contributed by atoms with Crippen LogP contribution in [0.25, 0.3) is 0 Å². The Bertz CT molecular complexity index is 853. The molecule has 4 fully saturated rings. The van der Waals surface area contributed by atoms with Gasteiger partial charge in [-0.15, -0.1) is 0 Å². The van der Waals surface area contributed by atoms with Crippen LogP contribution in [0.15, 0.2) is 36.0 Å². The Kier molecular flexibility index (Phi) is 6.53. The topological polar surface area (TPSA) is 46.5 Å². The summed E-state index contributed by atoms with van der Waals surface area (Å²) in [6, 6.07) is 0. The number of allylic oxidation sites excluding steroid dienone is 4. The number of carbonyl (C=O) groups is 1. The first-order chi connectivity index (χ1) is 15.4. The van der Waals surface area contributed by atoms with E-state index in [1.165, 1.54) is 39.0 Å². The van der Waals surface area contributed by atoms with Crippen molar-refractivity contribution in [2.45, 2.75) is 105 Å². The SMILES string of the molecule is C=C1[C@@H](OC(C)=O)C[C@@]2(O)CC12C/C=C1\CCC[C@]2(C)[C@@H]([C@H](C)/C=C/[C@H](C)C(C)C)CC[C@@H]12. The van der Waals surface area contributed by atoms with E-state index >= 15 is 0 Å². The smallest absolute Gasteiger partial charge is 0.303 e. The molecule has 0 amide bonds. The molecule has 4 rings (SSSR count). The second-order valence-corrected chi connectivity index (χ2v) is 12.5. The lowest BCUT2D eigenvalue weighted by Gasteiger charge is -2.44. The largest absolute Gasteiger partial charge is 0.458 e. The van der Waals surface area contributed by atoms with Gasteiger partial charge in [0.2, 0.25) is 0 Å². The summed E-state index contributed by atoms with van der Waals surface area (Å²) >= 11 is 0. The number of fused-ring (bicyclic) bond motifs is 2. The Morgan fingerprint density at radius 2 is 1.97 bits per heavy atom. The summed E-state index contributed by atoms with van der Waals surface area (Å²) in [6.07, 6.45) is 15.6. The molecule has 4 aliphatic rings. The van der Waals surface area contributed by atoms with Crippen molar-refractivity contribution in [1.29, 1.82) is 0 Å². The highest BCUT2D eigenvalue weighted by Crippen LogP contribution is 2.71. The number of esters is 1. The van der Waals surface area contributed by atoms with Crippen LogP contribution >= 0.6 is 0 Å². The van der Waals surface area contributed by atoms with Crippen molar-refractivity contribution in [1.82, 2.24) is 0 Å². The minimum Gasteiger partial charge on any atom is -0.458 e. The molecule has 4 aliphatic carbocycles. The first-order valence-electron chi connectivity index (χ1n) is 13.4. The summed E-state index contributed by atoms with van der Waals surface area (Å²) in [5.41, 5.74) is 1.90. The molecule has 0 aromatic heterocycles. The lowest BCUT2D eigenvalue weighted by atomic mass is 9.61. The lowest BCUT2D eigenvalue weighted by molar-refractivity contribution is -0.145. The molecule has 4 saturated carbocycles. The van der Waals surface area contributed by atoms with Crippen LogP contribution in [0.4, 0.5) is 0 Å². The molecule has 1 unspecified atom stereocenters. The summed E-state index contributed by atoms with van der Waals surface area (Å²) in [7, 11) is 0. The van der Waals surface area contributed by atoms with Crippen LogP contribution in [-0.4, -0.2) is 22.8 Å². The van der Waals surface area contributed by atoms with E-state index in [1.807, 2.05) is 0 Å². The second kappa shape index (κ2) is 8.70. The van der Waals surface area contributed by atoms with Crippen molar-refractivity contribution in [2.75, 3.05) is 0 Å². The van der Waals surface area contributed by atoms with Gasteiger partial charge < -0.3 is 9.84 Å². The molecule has 0 bridgehead atoms. The molecule has 0 aromatic rings. The van der Waals surface area contributed by atoms with Gasteiger partial charge in [-0.1, -0.05) is 65.0 Å². The first-order valence-corrected chi connectivity index (χ1v) is 13.4. The number of rotatable bonds is 7. The van der Waals surface area contributed by atoms with Gasteiger partial charge in [0.1, 0.15) is 6.10 Å². The van der Waals surface area contributed by atoms with E-state index in [0.29, 0.717) is 35.5 Å². The van der Waals surface area contributed by atoms with Crippen molar-refractivity contribution in [3.63, 3.8) is 0 Å². The van der Waals surface area contributed by atoms with Crippen molar-refractivity contribution in [2.24, 2.45) is 40.4 Å². The van der Waals surface area contributed by atoms with Crippen molar-refractivity contribution < 1.29 is 14.6 Å². The quantitative estimate of drug-likeness (QED) is 0.332. The molecule has 0 spiro atoms. The van der Waals surface area contributed by atoms with Gasteiger partial charge in [0, 0.05) is 18.8 Å². The molecule has 184 valence electrons. The highest BCUT2D eigenvalue weighted by Gasteiger charge is 2.74. The summed E-state index contributed by atoms with van der Waals surface area (Å²) in [4.78, 5) is 11.5. The zero-order valence-electron chi connectivity index (χ0n) is 21.8. The standard InChI is InChI=1S/C30H46O3/c1-19(2)20(3)10-11-21(4)25-12-13-26-24(9-8-15-28(25,26)7)14-16-29-18-30(29,32)17-27(22(29)5)33-23(6)31/h10-11,14,19-21,25-27,32H,5,8-9,12-13,15-18H2,1-4,6-7H3/b11-10+,24-14+/t20-,21+,25+,26-,27-,28+,29?,30+/m0/s1. The normalized spacial score (nSPS) is 43.1. The van der Waals surface area contributed by atoms with Crippen LogP contribution in [0.1, 0.15) is 92.9 Å². The van der Waals surface area contributed by atoms with Crippen LogP contribution in [0.5, 0.6) is 0 Å². The maximum absolute atomic E-state index is 11.5. The molecule has 0 heterocycles. The van der Waals surface area contributed by atoms with Gasteiger partial charge in [0.05, 0.1) is 5.60 Å². The van der Waals surface area contributed by atoms with E-state index in [0.717, 1.165) is 24.3 Å². The van der Waals surface area contributed by atoms with Gasteiger partial charge in [0.25, 0.3) is 0 Å². The van der Waals surface area contributed by atoms with Gasteiger partial charge in [-0.3, -0.25) is 4.79 Å². The number of carbonyl (C=O) groups excluding carboxylic acids is 1. The molecule has 8 atom stereocenters. The fourth-order valence-corrected chi connectivity index (χ4v) is 7.78. The molecule has 33 heavy (non-hydrogen) atoms. The van der Waals surface area contributed by atoms with Gasteiger partial charge in [-0.05, 0) is 85.5 Å². The predicted molar refractivity (Wildman–Crippen MR) is 134 cm³/mol. The molecule has 3 heteroatoms. The second-order valence-electron chi connectivity index (χ2n) is 12.5. The third-order valence-corrected chi connectivity index (χ3v) is 10.3. The average Bonchev–Trinajstić information content (AvgIpc) is 3.06. The summed E-state index contributed by atoms with van der Waals surface area (Å²) in [5.74, 6) is 3.06. The Balaban J connectivity index is 1.47. The number of hydrogen-bond donors (Lipinski definition) is 1. The maximum atomic E-state index is 11.5. The van der Waals surface area contributed by atoms with Gasteiger partial charge in [0.15, 0.2) is 0 Å². The van der Waals surface area contributed by atoms with Crippen LogP contribution in [-0.2, 0) is 9.53 Å². The van der Waals surface area contributed by atoms with Crippen LogP contribution < -0.4 is 0 Å². The summed E-state index contributed by atoms with van der Waals surface area (Å²) in [5, 5.41) is 11.1. The third-order valence-electron chi connectivity index (χ3n) is 10.3. The van der Waals surface area contributed by atoms with Crippen molar-refractivity contribution in [3.05, 3.63) is 36.0 Å². The van der Waals surface area contributed by atoms with E-state index in [1.54, 1.807) is 5.57 Å². The Hall–Kier alpha value is -1.35. The van der Waals surface area contributed by atoms with Crippen LogP contribution in [0.3, 0.4) is 0 Å².